The normalized spacial score (nSPS) is 14.1. The molecule has 1 aliphatic rings. The van der Waals surface area contributed by atoms with Gasteiger partial charge in [-0.3, -0.25) is 4.79 Å². The van der Waals surface area contributed by atoms with Gasteiger partial charge in [0.15, 0.2) is 28.6 Å². The van der Waals surface area contributed by atoms with E-state index in [2.05, 4.69) is 5.32 Å². The van der Waals surface area contributed by atoms with E-state index in [0.717, 1.165) is 16.7 Å². The van der Waals surface area contributed by atoms with Gasteiger partial charge >= 0.3 is 0 Å². The van der Waals surface area contributed by atoms with Gasteiger partial charge in [0.1, 0.15) is 13.2 Å². The molecule has 1 N–H and O–H groups in total. The van der Waals surface area contributed by atoms with Gasteiger partial charge in [-0.25, -0.2) is 0 Å². The molecular weight excluding hydrogens is 334 g/mol. The van der Waals surface area contributed by atoms with Crippen LogP contribution < -0.4 is 19.5 Å². The van der Waals surface area contributed by atoms with Gasteiger partial charge in [0.2, 0.25) is 0 Å². The lowest BCUT2D eigenvalue weighted by Crippen LogP contribution is -2.26. The Labute approximate surface area is 150 Å². The van der Waals surface area contributed by atoms with E-state index in [0.29, 0.717) is 30.3 Å². The van der Waals surface area contributed by atoms with Crippen molar-refractivity contribution in [2.24, 2.45) is 0 Å². The molecule has 0 saturated heterocycles. The second kappa shape index (κ2) is 6.63. The Morgan fingerprint density at radius 2 is 1.92 bits per heavy atom. The van der Waals surface area contributed by atoms with Gasteiger partial charge in [-0.2, -0.15) is 0 Å². The first kappa shape index (κ1) is 16.3. The number of carbonyl (C=O) groups is 1. The van der Waals surface area contributed by atoms with E-state index in [-0.39, 0.29) is 17.7 Å². The molecule has 2 heterocycles. The average molecular weight is 353 g/mol. The average Bonchev–Trinajstić information content (AvgIpc) is 3.12. The van der Waals surface area contributed by atoms with Gasteiger partial charge in [0.25, 0.3) is 5.91 Å². The molecule has 0 radical (unpaired) electrons. The van der Waals surface area contributed by atoms with Crippen LogP contribution in [-0.2, 0) is 0 Å². The summed E-state index contributed by atoms with van der Waals surface area (Å²) in [6, 6.07) is 12.7. The van der Waals surface area contributed by atoms with E-state index in [1.165, 1.54) is 0 Å². The number of hydrogen-bond acceptors (Lipinski definition) is 5. The van der Waals surface area contributed by atoms with Crippen molar-refractivity contribution in [2.45, 2.75) is 13.0 Å². The summed E-state index contributed by atoms with van der Waals surface area (Å²) in [5.41, 5.74) is 1.49. The number of hydrogen-bond donors (Lipinski definition) is 1. The Bertz CT molecular complexity index is 962. The number of para-hydroxylation sites is 1. The molecule has 1 amide bonds. The van der Waals surface area contributed by atoms with Gasteiger partial charge < -0.3 is 23.9 Å². The number of methoxy groups -OCH3 is 1. The lowest BCUT2D eigenvalue weighted by atomic mass is 10.1. The standard InChI is InChI=1S/C20H19NO5/c1-12(13-6-7-15-17(10-13)25-9-8-24-15)21-20(22)18-11-14-4-3-5-16(23-2)19(14)26-18/h3-7,10-12H,8-9H2,1-2H3,(H,21,22)/t12-/m1/s1. The van der Waals surface area contributed by atoms with Gasteiger partial charge in [0, 0.05) is 5.39 Å². The SMILES string of the molecule is COc1cccc2cc(C(=O)N[C@H](C)c3ccc4c(c3)OCCO4)oc12. The third-order valence-electron chi connectivity index (χ3n) is 4.37. The maximum atomic E-state index is 12.6. The van der Waals surface area contributed by atoms with Crippen molar-refractivity contribution in [3.8, 4) is 17.2 Å². The summed E-state index contributed by atoms with van der Waals surface area (Å²) in [4.78, 5) is 12.6. The van der Waals surface area contributed by atoms with Crippen LogP contribution in [0.1, 0.15) is 29.1 Å². The van der Waals surface area contributed by atoms with Crippen molar-refractivity contribution >= 4 is 16.9 Å². The van der Waals surface area contributed by atoms with Crippen molar-refractivity contribution in [1.29, 1.82) is 0 Å². The first-order chi connectivity index (χ1) is 12.7. The van der Waals surface area contributed by atoms with Gasteiger partial charge in [-0.15, -0.1) is 0 Å². The van der Waals surface area contributed by atoms with Crippen LogP contribution in [0.15, 0.2) is 46.9 Å². The van der Waals surface area contributed by atoms with Crippen LogP contribution in [0.5, 0.6) is 17.2 Å². The monoisotopic (exact) mass is 353 g/mol. The quantitative estimate of drug-likeness (QED) is 0.774. The van der Waals surface area contributed by atoms with Crippen LogP contribution in [-0.4, -0.2) is 26.2 Å². The highest BCUT2D eigenvalue weighted by Crippen LogP contribution is 2.33. The predicted molar refractivity (Wildman–Crippen MR) is 96.1 cm³/mol. The van der Waals surface area contributed by atoms with Crippen LogP contribution in [0.4, 0.5) is 0 Å². The van der Waals surface area contributed by atoms with Crippen molar-refractivity contribution < 1.29 is 23.4 Å². The minimum atomic E-state index is -0.286. The molecule has 0 unspecified atom stereocenters. The second-order valence-corrected chi connectivity index (χ2v) is 6.09. The molecule has 4 rings (SSSR count). The highest BCUT2D eigenvalue weighted by molar-refractivity contribution is 5.97. The number of benzene rings is 2. The number of amides is 1. The molecule has 0 spiro atoms. The number of ether oxygens (including phenoxy) is 3. The van der Waals surface area contributed by atoms with Crippen molar-refractivity contribution in [3.05, 3.63) is 53.8 Å². The first-order valence-electron chi connectivity index (χ1n) is 8.42. The Kier molecular flexibility index (Phi) is 4.16. The minimum absolute atomic E-state index is 0.214. The number of furan rings is 1. The summed E-state index contributed by atoms with van der Waals surface area (Å²) in [7, 11) is 1.57. The summed E-state index contributed by atoms with van der Waals surface area (Å²) < 4.78 is 22.1. The molecule has 1 aromatic heterocycles. The number of carbonyl (C=O) groups excluding carboxylic acids is 1. The van der Waals surface area contributed by atoms with E-state index in [1.807, 2.05) is 37.3 Å². The topological polar surface area (TPSA) is 69.9 Å². The zero-order chi connectivity index (χ0) is 18.1. The van der Waals surface area contributed by atoms with Crippen molar-refractivity contribution in [2.75, 3.05) is 20.3 Å². The van der Waals surface area contributed by atoms with E-state index in [1.54, 1.807) is 19.2 Å². The lowest BCUT2D eigenvalue weighted by Gasteiger charge is -2.20. The summed E-state index contributed by atoms with van der Waals surface area (Å²) in [6.07, 6.45) is 0. The lowest BCUT2D eigenvalue weighted by molar-refractivity contribution is 0.0913. The van der Waals surface area contributed by atoms with Crippen molar-refractivity contribution in [3.63, 3.8) is 0 Å². The van der Waals surface area contributed by atoms with E-state index >= 15 is 0 Å². The molecule has 6 heteroatoms. The molecule has 134 valence electrons. The van der Waals surface area contributed by atoms with E-state index < -0.39 is 0 Å². The fourth-order valence-electron chi connectivity index (χ4n) is 2.99. The maximum Gasteiger partial charge on any atom is 0.287 e. The van der Waals surface area contributed by atoms with Crippen LogP contribution in [0, 0.1) is 0 Å². The maximum absolute atomic E-state index is 12.6. The molecule has 1 atom stereocenters. The first-order valence-corrected chi connectivity index (χ1v) is 8.42. The molecule has 1 aliphatic heterocycles. The molecule has 3 aromatic rings. The Hall–Kier alpha value is -3.15. The van der Waals surface area contributed by atoms with Gasteiger partial charge in [0.05, 0.1) is 13.2 Å². The molecule has 0 bridgehead atoms. The Balaban J connectivity index is 1.54. The predicted octanol–water partition coefficient (Wildman–Crippen LogP) is 3.70. The number of rotatable bonds is 4. The fraction of sp³-hybridized carbons (Fsp3) is 0.250. The van der Waals surface area contributed by atoms with E-state index in [4.69, 9.17) is 18.6 Å². The Morgan fingerprint density at radius 1 is 1.12 bits per heavy atom. The zero-order valence-corrected chi connectivity index (χ0v) is 14.6. The highest BCUT2D eigenvalue weighted by Gasteiger charge is 2.19. The van der Waals surface area contributed by atoms with Crippen LogP contribution in [0.2, 0.25) is 0 Å². The molecule has 6 nitrogen and oxygen atoms in total. The Morgan fingerprint density at radius 3 is 2.73 bits per heavy atom. The molecule has 0 saturated carbocycles. The summed E-state index contributed by atoms with van der Waals surface area (Å²) in [5, 5.41) is 3.77. The number of fused-ring (bicyclic) bond motifs is 2. The highest BCUT2D eigenvalue weighted by atomic mass is 16.6. The number of nitrogens with one attached hydrogen (secondary N) is 1. The molecule has 0 aliphatic carbocycles. The van der Waals surface area contributed by atoms with Gasteiger partial charge in [-0.05, 0) is 36.8 Å². The van der Waals surface area contributed by atoms with Crippen LogP contribution >= 0.6 is 0 Å². The second-order valence-electron chi connectivity index (χ2n) is 6.09. The summed E-state index contributed by atoms with van der Waals surface area (Å²) >= 11 is 0. The molecular formula is C20H19NO5. The molecule has 26 heavy (non-hydrogen) atoms. The van der Waals surface area contributed by atoms with Gasteiger partial charge in [-0.1, -0.05) is 18.2 Å². The molecule has 0 fully saturated rings. The summed E-state index contributed by atoms with van der Waals surface area (Å²) in [6.45, 7) is 2.98. The van der Waals surface area contributed by atoms with E-state index in [9.17, 15) is 4.79 Å². The van der Waals surface area contributed by atoms with Crippen molar-refractivity contribution in [1.82, 2.24) is 5.32 Å². The largest absolute Gasteiger partial charge is 0.493 e. The minimum Gasteiger partial charge on any atom is -0.493 e. The molecule has 2 aromatic carbocycles. The zero-order valence-electron chi connectivity index (χ0n) is 14.6. The summed E-state index contributed by atoms with van der Waals surface area (Å²) in [5.74, 6) is 1.98. The third-order valence-corrected chi connectivity index (χ3v) is 4.37. The third kappa shape index (κ3) is 2.94. The van der Waals surface area contributed by atoms with Crippen LogP contribution in [0.25, 0.3) is 11.0 Å². The van der Waals surface area contributed by atoms with Crippen LogP contribution in [0.3, 0.4) is 0 Å². The smallest absolute Gasteiger partial charge is 0.287 e. The fourth-order valence-corrected chi connectivity index (χ4v) is 2.99.